The van der Waals surface area contributed by atoms with E-state index < -0.39 is 0 Å². The van der Waals surface area contributed by atoms with Gasteiger partial charge in [-0.15, -0.1) is 0 Å². The van der Waals surface area contributed by atoms with Crippen LogP contribution in [0.5, 0.6) is 5.75 Å². The van der Waals surface area contributed by atoms with Crippen LogP contribution in [-0.2, 0) is 4.74 Å². The van der Waals surface area contributed by atoms with Gasteiger partial charge in [0.2, 0.25) is 0 Å². The third-order valence-electron chi connectivity index (χ3n) is 2.70. The molecule has 0 heterocycles. The van der Waals surface area contributed by atoms with Crippen LogP contribution in [0.4, 0.5) is 4.39 Å². The van der Waals surface area contributed by atoms with Crippen LogP contribution in [0.15, 0.2) is 18.2 Å². The highest BCUT2D eigenvalue weighted by atomic mass is 19.1. The minimum Gasteiger partial charge on any atom is -0.491 e. The van der Waals surface area contributed by atoms with E-state index in [4.69, 9.17) is 9.47 Å². The molecule has 18 heavy (non-hydrogen) atoms. The predicted molar refractivity (Wildman–Crippen MR) is 70.5 cm³/mol. The molecule has 0 aliphatic rings. The molecular formula is C14H22FNO2. The van der Waals surface area contributed by atoms with Gasteiger partial charge in [0.05, 0.1) is 6.61 Å². The van der Waals surface area contributed by atoms with Gasteiger partial charge in [-0.25, -0.2) is 4.39 Å². The molecule has 3 nitrogen and oxygen atoms in total. The van der Waals surface area contributed by atoms with Crippen molar-refractivity contribution in [1.29, 1.82) is 0 Å². The lowest BCUT2D eigenvalue weighted by Gasteiger charge is -2.15. The van der Waals surface area contributed by atoms with Gasteiger partial charge < -0.3 is 14.8 Å². The van der Waals surface area contributed by atoms with E-state index in [1.807, 2.05) is 6.92 Å². The van der Waals surface area contributed by atoms with Crippen LogP contribution in [0.3, 0.4) is 0 Å². The van der Waals surface area contributed by atoms with Crippen molar-refractivity contribution >= 4 is 0 Å². The van der Waals surface area contributed by atoms with E-state index in [1.165, 1.54) is 6.07 Å². The summed E-state index contributed by atoms with van der Waals surface area (Å²) in [6, 6.07) is 5.00. The highest BCUT2D eigenvalue weighted by molar-refractivity contribution is 5.30. The first-order valence-corrected chi connectivity index (χ1v) is 6.33. The van der Waals surface area contributed by atoms with Crippen LogP contribution in [-0.4, -0.2) is 26.9 Å². The Labute approximate surface area is 108 Å². The van der Waals surface area contributed by atoms with Crippen LogP contribution in [0.1, 0.15) is 31.9 Å². The van der Waals surface area contributed by atoms with Crippen molar-refractivity contribution in [3.05, 3.63) is 29.6 Å². The van der Waals surface area contributed by atoms with Crippen LogP contribution in [0, 0.1) is 5.82 Å². The Bertz CT molecular complexity index is 358. The Kier molecular flexibility index (Phi) is 6.68. The number of methoxy groups -OCH3 is 1. The molecule has 1 rings (SSSR count). The van der Waals surface area contributed by atoms with E-state index in [0.717, 1.165) is 13.0 Å². The highest BCUT2D eigenvalue weighted by Crippen LogP contribution is 2.21. The van der Waals surface area contributed by atoms with Gasteiger partial charge in [0.25, 0.3) is 0 Å². The maximum Gasteiger partial charge on any atom is 0.131 e. The molecule has 0 amide bonds. The first-order chi connectivity index (χ1) is 8.69. The average molecular weight is 255 g/mol. The average Bonchev–Trinajstić information content (AvgIpc) is 2.36. The van der Waals surface area contributed by atoms with Crippen LogP contribution in [0.2, 0.25) is 0 Å². The predicted octanol–water partition coefficient (Wildman–Crippen LogP) is 2.91. The first-order valence-electron chi connectivity index (χ1n) is 6.33. The fourth-order valence-electron chi connectivity index (χ4n) is 1.66. The third-order valence-corrected chi connectivity index (χ3v) is 2.70. The Morgan fingerprint density at radius 2 is 2.11 bits per heavy atom. The zero-order chi connectivity index (χ0) is 13.4. The molecule has 1 N–H and O–H groups in total. The number of nitrogens with one attached hydrogen (secondary N) is 1. The standard InChI is InChI=1S/C14H22FNO2/c1-4-7-16-11(2)13-6-5-12(10-14(13)15)18-9-8-17-3/h5-6,10-11,16H,4,7-9H2,1-3H3. The van der Waals surface area contributed by atoms with Gasteiger partial charge in [-0.2, -0.15) is 0 Å². The van der Waals surface area contributed by atoms with Crippen LogP contribution in [0.25, 0.3) is 0 Å². The fourth-order valence-corrected chi connectivity index (χ4v) is 1.66. The molecule has 0 saturated heterocycles. The van der Waals surface area contributed by atoms with E-state index in [2.05, 4.69) is 12.2 Å². The van der Waals surface area contributed by atoms with Gasteiger partial charge >= 0.3 is 0 Å². The molecule has 0 aromatic heterocycles. The molecule has 0 fully saturated rings. The second kappa shape index (κ2) is 8.06. The second-order valence-electron chi connectivity index (χ2n) is 4.20. The van der Waals surface area contributed by atoms with E-state index in [9.17, 15) is 4.39 Å². The number of hydrogen-bond acceptors (Lipinski definition) is 3. The van der Waals surface area contributed by atoms with Gasteiger partial charge in [-0.05, 0) is 26.0 Å². The molecular weight excluding hydrogens is 233 g/mol. The van der Waals surface area contributed by atoms with Crippen molar-refractivity contribution in [2.24, 2.45) is 0 Å². The maximum atomic E-state index is 13.9. The monoisotopic (exact) mass is 255 g/mol. The van der Waals surface area contributed by atoms with Gasteiger partial charge in [-0.3, -0.25) is 0 Å². The molecule has 0 aliphatic carbocycles. The minimum absolute atomic E-state index is 0.0120. The summed E-state index contributed by atoms with van der Waals surface area (Å²) in [6.07, 6.45) is 1.03. The molecule has 1 atom stereocenters. The normalized spacial score (nSPS) is 12.4. The van der Waals surface area contributed by atoms with Crippen molar-refractivity contribution in [3.8, 4) is 5.75 Å². The Morgan fingerprint density at radius 1 is 1.33 bits per heavy atom. The summed E-state index contributed by atoms with van der Waals surface area (Å²) >= 11 is 0. The quantitative estimate of drug-likeness (QED) is 0.724. The fraction of sp³-hybridized carbons (Fsp3) is 0.571. The molecule has 1 unspecified atom stereocenters. The molecule has 0 radical (unpaired) electrons. The summed E-state index contributed by atoms with van der Waals surface area (Å²) in [4.78, 5) is 0. The number of rotatable bonds is 8. The van der Waals surface area contributed by atoms with E-state index in [1.54, 1.807) is 19.2 Å². The maximum absolute atomic E-state index is 13.9. The van der Waals surface area contributed by atoms with Crippen molar-refractivity contribution in [2.45, 2.75) is 26.3 Å². The van der Waals surface area contributed by atoms with E-state index in [-0.39, 0.29) is 11.9 Å². The van der Waals surface area contributed by atoms with Crippen molar-refractivity contribution in [2.75, 3.05) is 26.9 Å². The summed E-state index contributed by atoms with van der Waals surface area (Å²) < 4.78 is 24.1. The molecule has 4 heteroatoms. The van der Waals surface area contributed by atoms with Crippen molar-refractivity contribution in [1.82, 2.24) is 5.32 Å². The Hall–Kier alpha value is -1.13. The number of hydrogen-bond donors (Lipinski definition) is 1. The van der Waals surface area contributed by atoms with Crippen LogP contribution < -0.4 is 10.1 Å². The van der Waals surface area contributed by atoms with Crippen molar-refractivity contribution < 1.29 is 13.9 Å². The zero-order valence-electron chi connectivity index (χ0n) is 11.3. The topological polar surface area (TPSA) is 30.5 Å². The van der Waals surface area contributed by atoms with E-state index >= 15 is 0 Å². The van der Waals surface area contributed by atoms with Gasteiger partial charge in [-0.1, -0.05) is 13.0 Å². The smallest absolute Gasteiger partial charge is 0.131 e. The van der Waals surface area contributed by atoms with Gasteiger partial charge in [0, 0.05) is 24.8 Å². The lowest BCUT2D eigenvalue weighted by molar-refractivity contribution is 0.146. The Balaban J connectivity index is 2.61. The number of ether oxygens (including phenoxy) is 2. The van der Waals surface area contributed by atoms with Crippen molar-refractivity contribution in [3.63, 3.8) is 0 Å². The lowest BCUT2D eigenvalue weighted by Crippen LogP contribution is -2.20. The molecule has 0 saturated carbocycles. The number of benzene rings is 1. The molecule has 1 aromatic carbocycles. The molecule has 0 spiro atoms. The summed E-state index contributed by atoms with van der Waals surface area (Å²) in [7, 11) is 1.61. The van der Waals surface area contributed by atoms with Gasteiger partial charge in [0.15, 0.2) is 0 Å². The summed E-state index contributed by atoms with van der Waals surface area (Å²) in [5, 5.41) is 3.26. The highest BCUT2D eigenvalue weighted by Gasteiger charge is 2.10. The molecule has 1 aromatic rings. The first kappa shape index (κ1) is 14.9. The molecule has 102 valence electrons. The van der Waals surface area contributed by atoms with Gasteiger partial charge in [0.1, 0.15) is 18.2 Å². The summed E-state index contributed by atoms with van der Waals surface area (Å²) in [5.74, 6) is 0.303. The Morgan fingerprint density at radius 3 is 2.72 bits per heavy atom. The van der Waals surface area contributed by atoms with Crippen LogP contribution >= 0.6 is 0 Å². The summed E-state index contributed by atoms with van der Waals surface area (Å²) in [6.45, 7) is 5.85. The summed E-state index contributed by atoms with van der Waals surface area (Å²) in [5.41, 5.74) is 0.669. The van der Waals surface area contributed by atoms with E-state index in [0.29, 0.717) is 24.5 Å². The molecule has 0 bridgehead atoms. The third kappa shape index (κ3) is 4.63. The lowest BCUT2D eigenvalue weighted by atomic mass is 10.1. The zero-order valence-corrected chi connectivity index (χ0v) is 11.3. The SMILES string of the molecule is CCCNC(C)c1ccc(OCCOC)cc1F. The molecule has 0 aliphatic heterocycles. The number of halogens is 1. The largest absolute Gasteiger partial charge is 0.491 e. The second-order valence-corrected chi connectivity index (χ2v) is 4.20. The minimum atomic E-state index is -0.235.